The molecule has 6 nitrogen and oxygen atoms in total. The molecule has 2 unspecified atom stereocenters. The number of nitrogens with two attached hydrogens (primary N) is 1. The number of sulfone groups is 1. The minimum Gasteiger partial charge on any atom is -0.468 e. The molecular weight excluding hydrogens is 232 g/mol. The zero-order chi connectivity index (χ0) is 12.3. The van der Waals surface area contributed by atoms with E-state index in [1.54, 1.807) is 7.05 Å². The minimum absolute atomic E-state index is 0.0410. The van der Waals surface area contributed by atoms with Crippen molar-refractivity contribution in [3.63, 3.8) is 0 Å². The monoisotopic (exact) mass is 250 g/mol. The molecule has 0 bridgehead atoms. The van der Waals surface area contributed by atoms with Crippen molar-refractivity contribution in [2.45, 2.75) is 18.5 Å². The largest absolute Gasteiger partial charge is 0.468 e. The Bertz CT molecular complexity index is 355. The van der Waals surface area contributed by atoms with Crippen LogP contribution in [0.4, 0.5) is 0 Å². The highest BCUT2D eigenvalue weighted by atomic mass is 32.2. The number of rotatable bonds is 4. The van der Waals surface area contributed by atoms with Crippen molar-refractivity contribution in [3.8, 4) is 0 Å². The zero-order valence-electron chi connectivity index (χ0n) is 9.55. The molecule has 0 aromatic heterocycles. The second-order valence-electron chi connectivity index (χ2n) is 4.13. The van der Waals surface area contributed by atoms with Crippen LogP contribution in [0.3, 0.4) is 0 Å². The molecular formula is C9H18N2O4S. The summed E-state index contributed by atoms with van der Waals surface area (Å²) in [4.78, 5) is 12.9. The standard InChI is InChI=1S/C9H18N2O4S/c1-11(5-8(10)9(12)15-2)7-3-4-16(13,14)6-7/h7-8H,3-6,10H2,1-2H3. The first-order valence-corrected chi connectivity index (χ1v) is 6.92. The van der Waals surface area contributed by atoms with Crippen molar-refractivity contribution in [1.29, 1.82) is 0 Å². The first-order chi connectivity index (χ1) is 7.35. The second kappa shape index (κ2) is 5.11. The Morgan fingerprint density at radius 2 is 2.25 bits per heavy atom. The molecule has 7 heteroatoms. The van der Waals surface area contributed by atoms with E-state index in [1.807, 2.05) is 4.90 Å². The fraction of sp³-hybridized carbons (Fsp3) is 0.889. The average molecular weight is 250 g/mol. The van der Waals surface area contributed by atoms with Crippen LogP contribution in [-0.2, 0) is 19.4 Å². The lowest BCUT2D eigenvalue weighted by Gasteiger charge is -2.25. The van der Waals surface area contributed by atoms with Crippen LogP contribution in [0.15, 0.2) is 0 Å². The van der Waals surface area contributed by atoms with Gasteiger partial charge in [0.2, 0.25) is 0 Å². The number of ether oxygens (including phenoxy) is 1. The summed E-state index contributed by atoms with van der Waals surface area (Å²) >= 11 is 0. The highest BCUT2D eigenvalue weighted by Crippen LogP contribution is 2.16. The second-order valence-corrected chi connectivity index (χ2v) is 6.35. The molecule has 1 aliphatic heterocycles. The Kier molecular flexibility index (Phi) is 4.28. The molecule has 1 heterocycles. The molecule has 1 rings (SSSR count). The molecule has 0 aromatic carbocycles. The first-order valence-electron chi connectivity index (χ1n) is 5.10. The van der Waals surface area contributed by atoms with E-state index in [9.17, 15) is 13.2 Å². The van der Waals surface area contributed by atoms with E-state index in [4.69, 9.17) is 5.73 Å². The smallest absolute Gasteiger partial charge is 0.323 e. The quantitative estimate of drug-likeness (QED) is 0.618. The molecule has 94 valence electrons. The Morgan fingerprint density at radius 1 is 1.62 bits per heavy atom. The average Bonchev–Trinajstić information content (AvgIpc) is 2.57. The third-order valence-corrected chi connectivity index (χ3v) is 4.57. The van der Waals surface area contributed by atoms with Gasteiger partial charge in [0.05, 0.1) is 18.6 Å². The van der Waals surface area contributed by atoms with Gasteiger partial charge in [0.25, 0.3) is 0 Å². The topological polar surface area (TPSA) is 89.7 Å². The predicted molar refractivity (Wildman–Crippen MR) is 59.7 cm³/mol. The van der Waals surface area contributed by atoms with Gasteiger partial charge in [-0.2, -0.15) is 0 Å². The van der Waals surface area contributed by atoms with E-state index in [-0.39, 0.29) is 17.5 Å². The fourth-order valence-corrected chi connectivity index (χ4v) is 3.61. The van der Waals surface area contributed by atoms with Crippen molar-refractivity contribution < 1.29 is 17.9 Å². The van der Waals surface area contributed by atoms with Gasteiger partial charge < -0.3 is 15.4 Å². The van der Waals surface area contributed by atoms with E-state index in [1.165, 1.54) is 7.11 Å². The summed E-state index contributed by atoms with van der Waals surface area (Å²) < 4.78 is 27.1. The first kappa shape index (κ1) is 13.4. The Morgan fingerprint density at radius 3 is 2.69 bits per heavy atom. The SMILES string of the molecule is COC(=O)C(N)CN(C)C1CCS(=O)(=O)C1. The summed E-state index contributed by atoms with van der Waals surface area (Å²) in [5.74, 6) is -0.111. The van der Waals surface area contributed by atoms with Crippen molar-refractivity contribution in [1.82, 2.24) is 4.90 Å². The minimum atomic E-state index is -2.90. The van der Waals surface area contributed by atoms with Crippen molar-refractivity contribution in [3.05, 3.63) is 0 Å². The van der Waals surface area contributed by atoms with E-state index < -0.39 is 21.8 Å². The van der Waals surface area contributed by atoms with Gasteiger partial charge in [-0.25, -0.2) is 8.42 Å². The maximum absolute atomic E-state index is 11.3. The van der Waals surface area contributed by atoms with Crippen molar-refractivity contribution in [2.24, 2.45) is 5.73 Å². The summed E-state index contributed by atoms with van der Waals surface area (Å²) in [7, 11) is 0.151. The maximum Gasteiger partial charge on any atom is 0.323 e. The van der Waals surface area contributed by atoms with Gasteiger partial charge >= 0.3 is 5.97 Å². The molecule has 0 radical (unpaired) electrons. The van der Waals surface area contributed by atoms with E-state index >= 15 is 0 Å². The molecule has 1 saturated heterocycles. The molecule has 0 amide bonds. The molecule has 0 aromatic rings. The number of nitrogens with zero attached hydrogens (tertiary/aromatic N) is 1. The van der Waals surface area contributed by atoms with Gasteiger partial charge in [-0.3, -0.25) is 4.79 Å². The number of likely N-dealkylation sites (N-methyl/N-ethyl adjacent to an activating group) is 1. The molecule has 1 aliphatic rings. The van der Waals surface area contributed by atoms with Gasteiger partial charge in [-0.1, -0.05) is 0 Å². The number of hydrogen-bond donors (Lipinski definition) is 1. The summed E-state index contributed by atoms with van der Waals surface area (Å²) in [6.45, 7) is 0.312. The summed E-state index contributed by atoms with van der Waals surface area (Å²) in [5, 5.41) is 0. The van der Waals surface area contributed by atoms with E-state index in [0.29, 0.717) is 13.0 Å². The molecule has 16 heavy (non-hydrogen) atoms. The maximum atomic E-state index is 11.3. The molecule has 1 fully saturated rings. The van der Waals surface area contributed by atoms with Gasteiger partial charge in [0.15, 0.2) is 9.84 Å². The van der Waals surface area contributed by atoms with Gasteiger partial charge in [-0.05, 0) is 13.5 Å². The lowest BCUT2D eigenvalue weighted by molar-refractivity contribution is -0.142. The van der Waals surface area contributed by atoms with E-state index in [2.05, 4.69) is 4.74 Å². The third kappa shape index (κ3) is 3.43. The Hall–Kier alpha value is -0.660. The summed E-state index contributed by atoms with van der Waals surface area (Å²) in [5.41, 5.74) is 5.60. The Balaban J connectivity index is 2.47. The number of esters is 1. The van der Waals surface area contributed by atoms with Crippen LogP contribution in [0.2, 0.25) is 0 Å². The van der Waals surface area contributed by atoms with Gasteiger partial charge in [0, 0.05) is 12.6 Å². The highest BCUT2D eigenvalue weighted by Gasteiger charge is 2.31. The van der Waals surface area contributed by atoms with E-state index in [0.717, 1.165) is 0 Å². The highest BCUT2D eigenvalue weighted by molar-refractivity contribution is 7.91. The van der Waals surface area contributed by atoms with Crippen LogP contribution in [0.1, 0.15) is 6.42 Å². The van der Waals surface area contributed by atoms with Crippen molar-refractivity contribution in [2.75, 3.05) is 32.2 Å². The van der Waals surface area contributed by atoms with Crippen LogP contribution in [-0.4, -0.2) is 63.6 Å². The number of methoxy groups -OCH3 is 1. The van der Waals surface area contributed by atoms with Crippen LogP contribution in [0.25, 0.3) is 0 Å². The lowest BCUT2D eigenvalue weighted by atomic mass is 10.2. The van der Waals surface area contributed by atoms with Crippen LogP contribution >= 0.6 is 0 Å². The van der Waals surface area contributed by atoms with Gasteiger partial charge in [0.1, 0.15) is 6.04 Å². The fourth-order valence-electron chi connectivity index (χ4n) is 1.81. The van der Waals surface area contributed by atoms with Crippen LogP contribution in [0, 0.1) is 0 Å². The number of carbonyl (C=O) groups excluding carboxylic acids is 1. The summed E-state index contributed by atoms with van der Waals surface area (Å²) in [6, 6.07) is -0.765. The van der Waals surface area contributed by atoms with Crippen LogP contribution < -0.4 is 5.73 Å². The zero-order valence-corrected chi connectivity index (χ0v) is 10.4. The number of hydrogen-bond acceptors (Lipinski definition) is 6. The number of carbonyl (C=O) groups is 1. The predicted octanol–water partition coefficient (Wildman–Crippen LogP) is -1.39. The van der Waals surface area contributed by atoms with Crippen LogP contribution in [0.5, 0.6) is 0 Å². The third-order valence-electron chi connectivity index (χ3n) is 2.82. The molecule has 0 aliphatic carbocycles. The molecule has 2 atom stereocenters. The van der Waals surface area contributed by atoms with Crippen molar-refractivity contribution >= 4 is 15.8 Å². The molecule has 2 N–H and O–H groups in total. The summed E-state index contributed by atoms with van der Waals surface area (Å²) in [6.07, 6.45) is 0.604. The van der Waals surface area contributed by atoms with Gasteiger partial charge in [-0.15, -0.1) is 0 Å². The Labute approximate surface area is 95.7 Å². The lowest BCUT2D eigenvalue weighted by Crippen LogP contribution is -2.45. The normalized spacial score (nSPS) is 25.6. The molecule has 0 spiro atoms. The molecule has 0 saturated carbocycles.